The van der Waals surface area contributed by atoms with E-state index in [2.05, 4.69) is 104 Å². The van der Waals surface area contributed by atoms with Crippen LogP contribution in [0.15, 0.2) is 78.5 Å². The summed E-state index contributed by atoms with van der Waals surface area (Å²) in [6.45, 7) is 13.1. The van der Waals surface area contributed by atoms with Crippen molar-refractivity contribution < 1.29 is 0 Å². The van der Waals surface area contributed by atoms with E-state index < -0.39 is 0 Å². The molecule has 2 nitrogen and oxygen atoms in total. The van der Waals surface area contributed by atoms with Gasteiger partial charge in [0.15, 0.2) is 0 Å². The molecule has 192 valence electrons. The first kappa shape index (κ1) is 30.3. The van der Waals surface area contributed by atoms with Crippen LogP contribution in [0.3, 0.4) is 0 Å². The van der Waals surface area contributed by atoms with Crippen LogP contribution in [-0.4, -0.2) is 16.9 Å². The molecule has 1 aliphatic rings. The zero-order chi connectivity index (χ0) is 27.8. The summed E-state index contributed by atoms with van der Waals surface area (Å²) in [6, 6.07) is 17.4. The smallest absolute Gasteiger partial charge is 0.0991 e. The molecule has 1 unspecified atom stereocenters. The average molecular weight is 527 g/mol. The first-order valence-corrected chi connectivity index (χ1v) is 13.6. The van der Waals surface area contributed by atoms with E-state index in [0.717, 1.165) is 33.9 Å². The Morgan fingerprint density at radius 1 is 1.24 bits per heavy atom. The van der Waals surface area contributed by atoms with Crippen LogP contribution in [0.2, 0.25) is 0 Å². The van der Waals surface area contributed by atoms with Gasteiger partial charge >= 0.3 is 0 Å². The lowest BCUT2D eigenvalue weighted by Gasteiger charge is -2.40. The van der Waals surface area contributed by atoms with Crippen molar-refractivity contribution in [3.63, 3.8) is 0 Å². The third-order valence-electron chi connectivity index (χ3n) is 7.07. The van der Waals surface area contributed by atoms with Crippen molar-refractivity contribution in [3.8, 4) is 18.9 Å². The minimum absolute atomic E-state index is 0.0452. The minimum Gasteiger partial charge on any atom is -0.343 e. The Morgan fingerprint density at radius 3 is 2.38 bits per heavy atom. The Labute approximate surface area is 232 Å². The molecule has 1 aliphatic carbocycles. The summed E-state index contributed by atoms with van der Waals surface area (Å²) in [5.41, 5.74) is 6.49. The van der Waals surface area contributed by atoms with E-state index in [1.165, 1.54) is 29.5 Å². The predicted octanol–water partition coefficient (Wildman–Crippen LogP) is 7.83. The first-order valence-electron chi connectivity index (χ1n) is 12.6. The van der Waals surface area contributed by atoms with Gasteiger partial charge in [0.1, 0.15) is 0 Å². The molecule has 0 N–H and O–H groups in total. The van der Waals surface area contributed by atoms with Gasteiger partial charge in [-0.25, -0.2) is 0 Å². The monoisotopic (exact) mass is 526 g/mol. The number of benzene rings is 2. The first-order chi connectivity index (χ1) is 17.6. The van der Waals surface area contributed by atoms with Gasteiger partial charge in [-0.1, -0.05) is 81.2 Å². The molecule has 2 aromatic rings. The van der Waals surface area contributed by atoms with E-state index in [4.69, 9.17) is 12.2 Å². The summed E-state index contributed by atoms with van der Waals surface area (Å²) in [5.74, 6) is 0.776. The van der Waals surface area contributed by atoms with Gasteiger partial charge in [0.05, 0.1) is 16.6 Å². The fourth-order valence-electron chi connectivity index (χ4n) is 4.82. The van der Waals surface area contributed by atoms with Gasteiger partial charge in [-0.15, -0.1) is 22.1 Å². The zero-order valence-electron chi connectivity index (χ0n) is 22.8. The Kier molecular flexibility index (Phi) is 11.1. The third kappa shape index (κ3) is 7.76. The zero-order valence-corrected chi connectivity index (χ0v) is 24.8. The molecule has 4 heteroatoms. The standard InChI is InChI=1S/C31H37N2PS.C2H2/c1-7-8-28(16-9-23-17-24(20-32)19-29(34)18-23)31(4,5)30(21(2)33(6)22(3)35)27-14-12-26(13-15-27)25-10-11-25;1-2/h7-8,12-19,25,30H,2,9-11,34H2,1,3-6H3;1-2H/b8-7-,28-16+;/t30-;/m1./s1. The Bertz CT molecular complexity index is 1240. The molecular formula is C33H39N2PS. The van der Waals surface area contributed by atoms with E-state index in [1.54, 1.807) is 0 Å². The van der Waals surface area contributed by atoms with Crippen LogP contribution < -0.4 is 5.30 Å². The van der Waals surface area contributed by atoms with Gasteiger partial charge in [0.2, 0.25) is 0 Å². The molecule has 3 rings (SSSR count). The van der Waals surface area contributed by atoms with Crippen molar-refractivity contribution in [2.75, 3.05) is 7.05 Å². The quantitative estimate of drug-likeness (QED) is 0.144. The lowest BCUT2D eigenvalue weighted by molar-refractivity contribution is 0.354. The van der Waals surface area contributed by atoms with Crippen LogP contribution in [0, 0.1) is 29.6 Å². The Morgan fingerprint density at radius 2 is 1.86 bits per heavy atom. The number of nitriles is 1. The second-order valence-corrected chi connectivity index (χ2v) is 11.4. The van der Waals surface area contributed by atoms with Crippen molar-refractivity contribution in [1.29, 1.82) is 5.26 Å². The molecule has 1 saturated carbocycles. The molecule has 0 aliphatic heterocycles. The highest BCUT2D eigenvalue weighted by Gasteiger charge is 2.37. The van der Waals surface area contributed by atoms with Crippen LogP contribution in [-0.2, 0) is 6.42 Å². The maximum atomic E-state index is 9.38. The van der Waals surface area contributed by atoms with Crippen molar-refractivity contribution in [1.82, 2.24) is 4.90 Å². The predicted molar refractivity (Wildman–Crippen MR) is 167 cm³/mol. The maximum absolute atomic E-state index is 9.38. The molecular weight excluding hydrogens is 487 g/mol. The van der Waals surface area contributed by atoms with Gasteiger partial charge < -0.3 is 4.90 Å². The molecule has 2 atom stereocenters. The van der Waals surface area contributed by atoms with Crippen LogP contribution >= 0.6 is 21.5 Å². The average Bonchev–Trinajstić information content (AvgIpc) is 3.72. The van der Waals surface area contributed by atoms with Gasteiger partial charge in [-0.3, -0.25) is 0 Å². The summed E-state index contributed by atoms with van der Waals surface area (Å²) in [4.78, 5) is 2.85. The highest BCUT2D eigenvalue weighted by Crippen LogP contribution is 2.48. The van der Waals surface area contributed by atoms with E-state index in [0.29, 0.717) is 5.56 Å². The number of thiocarbonyl (C=S) groups is 1. The number of rotatable bonds is 9. The van der Waals surface area contributed by atoms with E-state index in [-0.39, 0.29) is 11.3 Å². The number of terminal acetylenes is 1. The fraction of sp³-hybridized carbons (Fsp3) is 0.333. The Hall–Kier alpha value is -2.97. The van der Waals surface area contributed by atoms with Crippen molar-refractivity contribution in [2.24, 2.45) is 5.41 Å². The van der Waals surface area contributed by atoms with Gasteiger partial charge in [-0.05, 0) is 78.7 Å². The second kappa shape index (κ2) is 13.5. The largest absolute Gasteiger partial charge is 0.343 e. The molecule has 1 fully saturated rings. The summed E-state index contributed by atoms with van der Waals surface area (Å²) in [5, 5.41) is 10.4. The molecule has 0 heterocycles. The fourth-order valence-corrected chi connectivity index (χ4v) is 5.33. The lowest BCUT2D eigenvalue weighted by Crippen LogP contribution is -2.33. The number of hydrogen-bond donors (Lipinski definition) is 0. The lowest BCUT2D eigenvalue weighted by atomic mass is 9.67. The normalized spacial score (nSPS) is 14.3. The molecule has 37 heavy (non-hydrogen) atoms. The molecule has 2 aromatic carbocycles. The van der Waals surface area contributed by atoms with Crippen molar-refractivity contribution in [2.45, 2.75) is 58.8 Å². The number of hydrogen-bond acceptors (Lipinski definition) is 2. The topological polar surface area (TPSA) is 27.0 Å². The number of nitrogens with zero attached hydrogens (tertiary/aromatic N) is 2. The van der Waals surface area contributed by atoms with Crippen LogP contribution in [0.5, 0.6) is 0 Å². The SMILES string of the molecule is C#C.C=C([C@H](c1ccc(C2CC2)cc1)C(C)(C)C(/C=C\C)=C/Cc1cc(P)cc(C#N)c1)N(C)C(C)=S. The summed E-state index contributed by atoms with van der Waals surface area (Å²) >= 11 is 5.53. The van der Waals surface area contributed by atoms with Crippen molar-refractivity contribution in [3.05, 3.63) is 101 Å². The van der Waals surface area contributed by atoms with Gasteiger partial charge in [0, 0.05) is 24.1 Å². The summed E-state index contributed by atoms with van der Waals surface area (Å²) in [6.07, 6.45) is 18.0. The number of allylic oxidation sites excluding steroid dienone is 5. The van der Waals surface area contributed by atoms with Crippen LogP contribution in [0.25, 0.3) is 0 Å². The molecule has 0 saturated heterocycles. The minimum atomic E-state index is -0.250. The highest BCUT2D eigenvalue weighted by molar-refractivity contribution is 7.80. The van der Waals surface area contributed by atoms with Gasteiger partial charge in [-0.2, -0.15) is 5.26 Å². The highest BCUT2D eigenvalue weighted by atomic mass is 32.1. The summed E-state index contributed by atoms with van der Waals surface area (Å²) in [7, 11) is 4.72. The third-order valence-corrected chi connectivity index (χ3v) is 7.68. The van der Waals surface area contributed by atoms with E-state index >= 15 is 0 Å². The second-order valence-electron chi connectivity index (χ2n) is 10.1. The summed E-state index contributed by atoms with van der Waals surface area (Å²) < 4.78 is 0. The van der Waals surface area contributed by atoms with Crippen LogP contribution in [0.4, 0.5) is 0 Å². The Balaban J connectivity index is 0.00000235. The van der Waals surface area contributed by atoms with Crippen molar-refractivity contribution >= 4 is 31.8 Å². The molecule has 0 spiro atoms. The van der Waals surface area contributed by atoms with Gasteiger partial charge in [0.25, 0.3) is 0 Å². The maximum Gasteiger partial charge on any atom is 0.0991 e. The number of likely N-dealkylation sites (N-methyl/N-ethyl adjacent to an activating group) is 1. The van der Waals surface area contributed by atoms with E-state index in [1.807, 2.05) is 31.0 Å². The molecule has 0 amide bonds. The molecule has 0 radical (unpaired) electrons. The van der Waals surface area contributed by atoms with E-state index in [9.17, 15) is 5.26 Å². The van der Waals surface area contributed by atoms with Crippen LogP contribution in [0.1, 0.15) is 74.6 Å². The molecule has 0 aromatic heterocycles. The molecule has 0 bridgehead atoms.